The number of pyridine rings is 1. The van der Waals surface area contributed by atoms with Gasteiger partial charge >= 0.3 is 0 Å². The molecule has 0 saturated heterocycles. The summed E-state index contributed by atoms with van der Waals surface area (Å²) in [6.45, 7) is 8.41. The molecule has 0 amide bonds. The first-order valence-corrected chi connectivity index (χ1v) is 6.54. The van der Waals surface area contributed by atoms with Crippen LogP contribution in [-0.4, -0.2) is 29.3 Å². The van der Waals surface area contributed by atoms with Gasteiger partial charge in [0.15, 0.2) is 0 Å². The Balaban J connectivity index is 2.28. The third kappa shape index (κ3) is 6.57. The lowest BCUT2D eigenvalue weighted by Gasteiger charge is -2.09. The Labute approximate surface area is 109 Å². The van der Waals surface area contributed by atoms with Gasteiger partial charge in [-0.2, -0.15) is 0 Å². The first kappa shape index (κ1) is 14.9. The Kier molecular flexibility index (Phi) is 6.68. The van der Waals surface area contributed by atoms with E-state index < -0.39 is 0 Å². The van der Waals surface area contributed by atoms with Crippen molar-refractivity contribution < 1.29 is 9.84 Å². The van der Waals surface area contributed by atoms with Gasteiger partial charge in [-0.05, 0) is 31.5 Å². The van der Waals surface area contributed by atoms with Crippen LogP contribution < -0.4 is 10.1 Å². The largest absolute Gasteiger partial charge is 0.492 e. The number of aromatic nitrogens is 1. The summed E-state index contributed by atoms with van der Waals surface area (Å²) in [5, 5.41) is 12.5. The van der Waals surface area contributed by atoms with E-state index in [1.165, 1.54) is 0 Å². The molecule has 0 aliphatic heterocycles. The van der Waals surface area contributed by atoms with Crippen molar-refractivity contribution >= 4 is 0 Å². The minimum absolute atomic E-state index is 0.322. The zero-order valence-corrected chi connectivity index (χ0v) is 11.5. The number of nitrogens with one attached hydrogen (secondary N) is 1. The fourth-order valence-corrected chi connectivity index (χ4v) is 1.44. The molecule has 1 aromatic heterocycles. The minimum Gasteiger partial charge on any atom is -0.492 e. The van der Waals surface area contributed by atoms with Crippen molar-refractivity contribution in [3.63, 3.8) is 0 Å². The fourth-order valence-electron chi connectivity index (χ4n) is 1.44. The molecule has 1 unspecified atom stereocenters. The second kappa shape index (κ2) is 8.06. The zero-order chi connectivity index (χ0) is 13.4. The number of aliphatic hydroxyl groups excluding tert-OH is 1. The minimum atomic E-state index is -0.322. The second-order valence-corrected chi connectivity index (χ2v) is 5.00. The quantitative estimate of drug-likeness (QED) is 0.743. The number of aliphatic hydroxyl groups is 1. The maximum Gasteiger partial charge on any atom is 0.137 e. The molecule has 1 rings (SSSR count). The van der Waals surface area contributed by atoms with Gasteiger partial charge in [0.1, 0.15) is 5.75 Å². The Hall–Kier alpha value is -1.13. The van der Waals surface area contributed by atoms with Crippen LogP contribution in [0, 0.1) is 5.92 Å². The van der Waals surface area contributed by atoms with Crippen LogP contribution in [-0.2, 0) is 6.54 Å². The summed E-state index contributed by atoms with van der Waals surface area (Å²) in [4.78, 5) is 4.32. The van der Waals surface area contributed by atoms with Gasteiger partial charge in [-0.1, -0.05) is 13.8 Å². The van der Waals surface area contributed by atoms with E-state index in [0.717, 1.165) is 24.5 Å². The smallest absolute Gasteiger partial charge is 0.137 e. The lowest BCUT2D eigenvalue weighted by molar-refractivity contribution is 0.155. The van der Waals surface area contributed by atoms with Crippen LogP contribution in [0.4, 0.5) is 0 Å². The topological polar surface area (TPSA) is 54.4 Å². The lowest BCUT2D eigenvalue weighted by Crippen LogP contribution is -2.19. The van der Waals surface area contributed by atoms with Crippen LogP contribution in [0.1, 0.15) is 32.9 Å². The highest BCUT2D eigenvalue weighted by Crippen LogP contribution is 2.09. The van der Waals surface area contributed by atoms with E-state index >= 15 is 0 Å². The molecule has 0 aliphatic carbocycles. The maximum absolute atomic E-state index is 9.11. The van der Waals surface area contributed by atoms with Gasteiger partial charge in [0.05, 0.1) is 24.6 Å². The highest BCUT2D eigenvalue weighted by Gasteiger charge is 2.00. The molecule has 2 N–H and O–H groups in total. The predicted octanol–water partition coefficient (Wildman–Crippen LogP) is 1.98. The van der Waals surface area contributed by atoms with Gasteiger partial charge in [-0.15, -0.1) is 0 Å². The summed E-state index contributed by atoms with van der Waals surface area (Å²) in [5.41, 5.74) is 1.01. The number of nitrogens with zero attached hydrogens (tertiary/aromatic N) is 1. The zero-order valence-electron chi connectivity index (χ0n) is 11.5. The second-order valence-electron chi connectivity index (χ2n) is 5.00. The molecule has 0 spiro atoms. The molecule has 18 heavy (non-hydrogen) atoms. The van der Waals surface area contributed by atoms with Gasteiger partial charge in [-0.25, -0.2) is 0 Å². The molecule has 4 nitrogen and oxygen atoms in total. The molecule has 0 radical (unpaired) electrons. The van der Waals surface area contributed by atoms with Crippen molar-refractivity contribution in [2.75, 3.05) is 13.2 Å². The van der Waals surface area contributed by atoms with Crippen molar-refractivity contribution in [2.24, 2.45) is 5.92 Å². The summed E-state index contributed by atoms with van der Waals surface area (Å²) in [6.07, 6.45) is 2.05. The molecule has 0 fully saturated rings. The van der Waals surface area contributed by atoms with E-state index in [1.807, 2.05) is 12.1 Å². The Morgan fingerprint density at radius 1 is 1.33 bits per heavy atom. The normalized spacial score (nSPS) is 12.7. The average molecular weight is 252 g/mol. The standard InChI is InChI=1S/C14H24N2O2/c1-11(2)8-15-9-13-4-5-14(10-16-13)18-7-6-12(3)17/h4-5,10-12,15,17H,6-9H2,1-3H3. The number of hydrogen-bond donors (Lipinski definition) is 2. The predicted molar refractivity (Wildman–Crippen MR) is 72.6 cm³/mol. The molecule has 4 heteroatoms. The molecule has 1 atom stereocenters. The van der Waals surface area contributed by atoms with E-state index in [2.05, 4.69) is 24.1 Å². The fraction of sp³-hybridized carbons (Fsp3) is 0.643. The van der Waals surface area contributed by atoms with Gasteiger partial charge in [0.25, 0.3) is 0 Å². The van der Waals surface area contributed by atoms with Crippen molar-refractivity contribution in [1.29, 1.82) is 0 Å². The number of rotatable bonds is 8. The summed E-state index contributed by atoms with van der Waals surface area (Å²) >= 11 is 0. The van der Waals surface area contributed by atoms with E-state index in [9.17, 15) is 0 Å². The highest BCUT2D eigenvalue weighted by atomic mass is 16.5. The summed E-state index contributed by atoms with van der Waals surface area (Å²) in [5.74, 6) is 1.40. The van der Waals surface area contributed by atoms with Gasteiger partial charge in [0.2, 0.25) is 0 Å². The Morgan fingerprint density at radius 3 is 2.67 bits per heavy atom. The van der Waals surface area contributed by atoms with Crippen molar-refractivity contribution in [3.05, 3.63) is 24.0 Å². The molecule has 1 aromatic rings. The highest BCUT2D eigenvalue weighted by molar-refractivity contribution is 5.19. The molecule has 1 heterocycles. The van der Waals surface area contributed by atoms with Crippen molar-refractivity contribution in [1.82, 2.24) is 10.3 Å². The molecule has 102 valence electrons. The third-order valence-corrected chi connectivity index (χ3v) is 2.46. The Morgan fingerprint density at radius 2 is 2.11 bits per heavy atom. The monoisotopic (exact) mass is 252 g/mol. The van der Waals surface area contributed by atoms with E-state index in [-0.39, 0.29) is 6.10 Å². The molecule has 0 saturated carbocycles. The van der Waals surface area contributed by atoms with Crippen molar-refractivity contribution in [3.8, 4) is 5.75 Å². The Bertz CT molecular complexity index is 290. The average Bonchev–Trinajstić information content (AvgIpc) is 2.30. The first-order valence-electron chi connectivity index (χ1n) is 6.54. The molecular formula is C14H24N2O2. The van der Waals surface area contributed by atoms with Gasteiger partial charge in [-0.3, -0.25) is 4.98 Å². The molecule has 0 bridgehead atoms. The van der Waals surface area contributed by atoms with Crippen LogP contribution >= 0.6 is 0 Å². The van der Waals surface area contributed by atoms with Crippen LogP contribution in [0.2, 0.25) is 0 Å². The maximum atomic E-state index is 9.11. The number of hydrogen-bond acceptors (Lipinski definition) is 4. The molecular weight excluding hydrogens is 228 g/mol. The van der Waals surface area contributed by atoms with E-state index in [0.29, 0.717) is 18.9 Å². The van der Waals surface area contributed by atoms with Crippen LogP contribution in [0.3, 0.4) is 0 Å². The summed E-state index contributed by atoms with van der Waals surface area (Å²) in [6, 6.07) is 3.88. The van der Waals surface area contributed by atoms with E-state index in [4.69, 9.17) is 9.84 Å². The SMILES string of the molecule is CC(C)CNCc1ccc(OCCC(C)O)cn1. The van der Waals surface area contributed by atoms with Crippen LogP contribution in [0.25, 0.3) is 0 Å². The van der Waals surface area contributed by atoms with Crippen molar-refractivity contribution in [2.45, 2.75) is 39.8 Å². The van der Waals surface area contributed by atoms with E-state index in [1.54, 1.807) is 13.1 Å². The third-order valence-electron chi connectivity index (χ3n) is 2.46. The van der Waals surface area contributed by atoms with Gasteiger partial charge in [0, 0.05) is 13.0 Å². The van der Waals surface area contributed by atoms with Crippen LogP contribution in [0.5, 0.6) is 5.75 Å². The lowest BCUT2D eigenvalue weighted by atomic mass is 10.2. The summed E-state index contributed by atoms with van der Waals surface area (Å²) in [7, 11) is 0. The summed E-state index contributed by atoms with van der Waals surface area (Å²) < 4.78 is 5.47. The molecule has 0 aliphatic rings. The van der Waals surface area contributed by atoms with Crippen LogP contribution in [0.15, 0.2) is 18.3 Å². The first-order chi connectivity index (χ1) is 8.58. The number of ether oxygens (including phenoxy) is 1. The molecule has 0 aromatic carbocycles. The van der Waals surface area contributed by atoms with Gasteiger partial charge < -0.3 is 15.2 Å².